The van der Waals surface area contributed by atoms with Crippen molar-refractivity contribution in [3.8, 4) is 0 Å². The monoisotopic (exact) mass is 239 g/mol. The standard InChI is InChI=1S/C16H17NO/c1-16(2)13-10-14(16)15(18)9-11(13)6-7-12-5-3-4-8-17-12/h3-9,13-14H,10H2,1-2H3/b7-6+/t13-,14+/m0/s1. The molecular weight excluding hydrogens is 222 g/mol. The van der Waals surface area contributed by atoms with Gasteiger partial charge in [-0.1, -0.05) is 26.0 Å². The first kappa shape index (κ1) is 11.4. The molecule has 4 rings (SSSR count). The van der Waals surface area contributed by atoms with Gasteiger partial charge in [-0.2, -0.15) is 0 Å². The molecule has 0 spiro atoms. The zero-order chi connectivity index (χ0) is 12.8. The van der Waals surface area contributed by atoms with Crippen molar-refractivity contribution in [2.24, 2.45) is 17.3 Å². The highest BCUT2D eigenvalue weighted by molar-refractivity contribution is 5.96. The molecule has 1 heterocycles. The van der Waals surface area contributed by atoms with Crippen molar-refractivity contribution < 1.29 is 4.79 Å². The normalized spacial score (nSPS) is 29.0. The lowest BCUT2D eigenvalue weighted by Crippen LogP contribution is -2.52. The number of fused-ring (bicyclic) bond motifs is 1. The van der Waals surface area contributed by atoms with Crippen LogP contribution in [0.3, 0.4) is 0 Å². The quantitative estimate of drug-likeness (QED) is 0.792. The highest BCUT2D eigenvalue weighted by Gasteiger charge is 2.54. The van der Waals surface area contributed by atoms with Crippen LogP contribution in [0.2, 0.25) is 0 Å². The van der Waals surface area contributed by atoms with E-state index < -0.39 is 0 Å². The maximum Gasteiger partial charge on any atom is 0.159 e. The van der Waals surface area contributed by atoms with Crippen LogP contribution >= 0.6 is 0 Å². The summed E-state index contributed by atoms with van der Waals surface area (Å²) in [6.45, 7) is 4.40. The van der Waals surface area contributed by atoms with Crippen molar-refractivity contribution in [2.75, 3.05) is 0 Å². The van der Waals surface area contributed by atoms with Crippen LogP contribution in [0.1, 0.15) is 26.0 Å². The molecule has 18 heavy (non-hydrogen) atoms. The van der Waals surface area contributed by atoms with E-state index in [-0.39, 0.29) is 11.3 Å². The van der Waals surface area contributed by atoms with E-state index in [0.29, 0.717) is 11.7 Å². The average molecular weight is 239 g/mol. The second-order valence-corrected chi connectivity index (χ2v) is 5.80. The number of hydrogen-bond acceptors (Lipinski definition) is 2. The van der Waals surface area contributed by atoms with Crippen molar-refractivity contribution in [1.82, 2.24) is 4.98 Å². The van der Waals surface area contributed by atoms with E-state index in [4.69, 9.17) is 0 Å². The average Bonchev–Trinajstić information content (AvgIpc) is 2.36. The molecule has 0 N–H and O–H groups in total. The van der Waals surface area contributed by atoms with Crippen LogP contribution in [0, 0.1) is 17.3 Å². The third-order valence-corrected chi connectivity index (χ3v) is 4.46. The number of hydrogen-bond donors (Lipinski definition) is 0. The molecule has 0 saturated heterocycles. The molecule has 92 valence electrons. The molecule has 0 unspecified atom stereocenters. The van der Waals surface area contributed by atoms with Crippen molar-refractivity contribution in [2.45, 2.75) is 20.3 Å². The SMILES string of the molecule is CC1(C)[C@@H]2C[C@H]1C(/C=C/c1ccccn1)=CC2=O. The summed E-state index contributed by atoms with van der Waals surface area (Å²) >= 11 is 0. The van der Waals surface area contributed by atoms with Gasteiger partial charge in [0.15, 0.2) is 5.78 Å². The lowest BCUT2D eigenvalue weighted by molar-refractivity contribution is -0.133. The van der Waals surface area contributed by atoms with Gasteiger partial charge in [-0.3, -0.25) is 9.78 Å². The van der Waals surface area contributed by atoms with E-state index >= 15 is 0 Å². The van der Waals surface area contributed by atoms with Gasteiger partial charge in [-0.25, -0.2) is 0 Å². The van der Waals surface area contributed by atoms with E-state index in [1.807, 2.05) is 30.4 Å². The van der Waals surface area contributed by atoms with E-state index in [2.05, 4.69) is 24.9 Å². The third kappa shape index (κ3) is 1.64. The Kier molecular flexibility index (Phi) is 2.47. The predicted octanol–water partition coefficient (Wildman–Crippen LogP) is 3.27. The lowest BCUT2D eigenvalue weighted by atomic mass is 9.48. The fraction of sp³-hybridized carbons (Fsp3) is 0.375. The molecule has 1 aromatic rings. The molecule has 2 bridgehead atoms. The topological polar surface area (TPSA) is 30.0 Å². The zero-order valence-electron chi connectivity index (χ0n) is 10.8. The minimum atomic E-state index is 0.135. The molecule has 2 nitrogen and oxygen atoms in total. The molecule has 3 aliphatic carbocycles. The van der Waals surface area contributed by atoms with Gasteiger partial charge in [-0.15, -0.1) is 0 Å². The van der Waals surface area contributed by atoms with Gasteiger partial charge in [0, 0.05) is 12.1 Å². The first-order valence-electron chi connectivity index (χ1n) is 6.43. The van der Waals surface area contributed by atoms with Gasteiger partial charge in [0.2, 0.25) is 0 Å². The van der Waals surface area contributed by atoms with Crippen LogP contribution in [0.25, 0.3) is 6.08 Å². The summed E-state index contributed by atoms with van der Waals surface area (Å²) in [7, 11) is 0. The minimum absolute atomic E-state index is 0.135. The molecule has 0 aromatic carbocycles. The molecule has 0 amide bonds. The fourth-order valence-corrected chi connectivity index (χ4v) is 3.16. The van der Waals surface area contributed by atoms with Gasteiger partial charge in [0.05, 0.1) is 5.69 Å². The Bertz CT molecular complexity index is 539. The summed E-state index contributed by atoms with van der Waals surface area (Å²) in [5.41, 5.74) is 2.23. The van der Waals surface area contributed by atoms with Gasteiger partial charge >= 0.3 is 0 Å². The Morgan fingerprint density at radius 1 is 1.28 bits per heavy atom. The fourth-order valence-electron chi connectivity index (χ4n) is 3.16. The van der Waals surface area contributed by atoms with Crippen LogP contribution in [0.15, 0.2) is 42.1 Å². The first-order chi connectivity index (χ1) is 8.59. The Balaban J connectivity index is 1.86. The lowest BCUT2D eigenvalue weighted by Gasteiger charge is -2.54. The third-order valence-electron chi connectivity index (χ3n) is 4.46. The maximum atomic E-state index is 11.9. The highest BCUT2D eigenvalue weighted by atomic mass is 16.1. The molecule has 0 aliphatic heterocycles. The van der Waals surface area contributed by atoms with Crippen molar-refractivity contribution in [3.05, 3.63) is 47.8 Å². The van der Waals surface area contributed by atoms with Gasteiger partial charge < -0.3 is 0 Å². The van der Waals surface area contributed by atoms with Crippen molar-refractivity contribution in [3.63, 3.8) is 0 Å². The van der Waals surface area contributed by atoms with Crippen molar-refractivity contribution in [1.29, 1.82) is 0 Å². The Hall–Kier alpha value is -1.70. The minimum Gasteiger partial charge on any atom is -0.295 e. The van der Waals surface area contributed by atoms with Gasteiger partial charge in [0.25, 0.3) is 0 Å². The predicted molar refractivity (Wildman–Crippen MR) is 71.7 cm³/mol. The molecule has 2 atom stereocenters. The molecule has 3 aliphatic rings. The summed E-state index contributed by atoms with van der Waals surface area (Å²) in [5.74, 6) is 1.07. The first-order valence-corrected chi connectivity index (χ1v) is 6.43. The highest BCUT2D eigenvalue weighted by Crippen LogP contribution is 2.58. The van der Waals surface area contributed by atoms with Crippen LogP contribution < -0.4 is 0 Å². The van der Waals surface area contributed by atoms with Crippen LogP contribution in [0.5, 0.6) is 0 Å². The molecule has 1 aromatic heterocycles. The number of allylic oxidation sites excluding steroid dienone is 3. The molecule has 1 fully saturated rings. The number of ketones is 1. The second-order valence-electron chi connectivity index (χ2n) is 5.80. The number of pyridine rings is 1. The Labute approximate surface area is 107 Å². The zero-order valence-corrected chi connectivity index (χ0v) is 10.8. The largest absolute Gasteiger partial charge is 0.295 e. The Morgan fingerprint density at radius 2 is 2.11 bits per heavy atom. The number of nitrogens with zero attached hydrogens (tertiary/aromatic N) is 1. The van der Waals surface area contributed by atoms with E-state index in [1.165, 1.54) is 0 Å². The van der Waals surface area contributed by atoms with Crippen LogP contribution in [-0.2, 0) is 4.79 Å². The summed E-state index contributed by atoms with van der Waals surface area (Å²) in [5, 5.41) is 0. The number of carbonyl (C=O) groups is 1. The summed E-state index contributed by atoms with van der Waals surface area (Å²) in [6.07, 6.45) is 8.67. The van der Waals surface area contributed by atoms with E-state index in [9.17, 15) is 4.79 Å². The van der Waals surface area contributed by atoms with E-state index in [1.54, 1.807) is 6.20 Å². The summed E-state index contributed by atoms with van der Waals surface area (Å²) in [6, 6.07) is 5.84. The molecule has 2 heteroatoms. The molecule has 0 radical (unpaired) electrons. The summed E-state index contributed by atoms with van der Waals surface area (Å²) in [4.78, 5) is 16.2. The summed E-state index contributed by atoms with van der Waals surface area (Å²) < 4.78 is 0. The van der Waals surface area contributed by atoms with E-state index in [0.717, 1.165) is 17.7 Å². The van der Waals surface area contributed by atoms with Crippen molar-refractivity contribution >= 4 is 11.9 Å². The number of aromatic nitrogens is 1. The smallest absolute Gasteiger partial charge is 0.159 e. The second kappa shape index (κ2) is 3.91. The Morgan fingerprint density at radius 3 is 2.72 bits per heavy atom. The van der Waals surface area contributed by atoms with Crippen LogP contribution in [0.4, 0.5) is 0 Å². The number of rotatable bonds is 2. The maximum absolute atomic E-state index is 11.9. The van der Waals surface area contributed by atoms with Crippen LogP contribution in [-0.4, -0.2) is 10.8 Å². The molecule has 1 saturated carbocycles. The van der Waals surface area contributed by atoms with Gasteiger partial charge in [0.1, 0.15) is 0 Å². The molecular formula is C16H17NO. The van der Waals surface area contributed by atoms with Gasteiger partial charge in [-0.05, 0) is 47.6 Å². The number of carbonyl (C=O) groups excluding carboxylic acids is 1.